The highest BCUT2D eigenvalue weighted by Gasteiger charge is 2.12. The van der Waals surface area contributed by atoms with Gasteiger partial charge in [0.05, 0.1) is 16.9 Å². The number of halogens is 2. The van der Waals surface area contributed by atoms with Crippen LogP contribution in [0.25, 0.3) is 0 Å². The van der Waals surface area contributed by atoms with E-state index < -0.39 is 4.92 Å². The second-order valence-electron chi connectivity index (χ2n) is 3.29. The van der Waals surface area contributed by atoms with E-state index >= 15 is 0 Å². The first-order valence-electron chi connectivity index (χ1n) is 4.60. The molecule has 0 aromatic heterocycles. The molecule has 0 aliphatic rings. The minimum Gasteiger partial charge on any atom is -0.383 e. The Morgan fingerprint density at radius 2 is 2.31 bits per heavy atom. The first-order valence-corrected chi connectivity index (χ1v) is 5.83. The second kappa shape index (κ2) is 6.18. The summed E-state index contributed by atoms with van der Waals surface area (Å²) in [7, 11) is 1.58. The normalized spacial score (nSPS) is 12.4. The van der Waals surface area contributed by atoms with Gasteiger partial charge in [-0.1, -0.05) is 22.0 Å². The summed E-state index contributed by atoms with van der Waals surface area (Å²) in [5.74, 6) is 0. The van der Waals surface area contributed by atoms with Crippen molar-refractivity contribution in [2.45, 2.75) is 11.8 Å². The van der Waals surface area contributed by atoms with Gasteiger partial charge in [0.1, 0.15) is 0 Å². The lowest BCUT2D eigenvalue weighted by Gasteiger charge is -2.09. The van der Waals surface area contributed by atoms with E-state index in [4.69, 9.17) is 16.3 Å². The van der Waals surface area contributed by atoms with Crippen molar-refractivity contribution in [2.24, 2.45) is 0 Å². The van der Waals surface area contributed by atoms with E-state index in [0.717, 1.165) is 5.56 Å². The van der Waals surface area contributed by atoms with Gasteiger partial charge in [-0.2, -0.15) is 0 Å². The van der Waals surface area contributed by atoms with Gasteiger partial charge in [-0.15, -0.1) is 11.6 Å². The van der Waals surface area contributed by atoms with Crippen molar-refractivity contribution < 1.29 is 9.66 Å². The number of alkyl halides is 1. The zero-order valence-corrected chi connectivity index (χ0v) is 11.0. The van der Waals surface area contributed by atoms with Crippen LogP contribution in [0.2, 0.25) is 0 Å². The molecule has 0 amide bonds. The first-order chi connectivity index (χ1) is 7.54. The molecule has 0 bridgehead atoms. The van der Waals surface area contributed by atoms with Crippen LogP contribution in [0.4, 0.5) is 5.69 Å². The molecule has 0 spiro atoms. The van der Waals surface area contributed by atoms with Crippen molar-refractivity contribution >= 4 is 33.2 Å². The van der Waals surface area contributed by atoms with Gasteiger partial charge in [-0.3, -0.25) is 10.1 Å². The Bertz CT molecular complexity index is 386. The summed E-state index contributed by atoms with van der Waals surface area (Å²) in [5.41, 5.74) is 0.996. The molecule has 1 aromatic rings. The van der Waals surface area contributed by atoms with E-state index in [-0.39, 0.29) is 11.1 Å². The third-order valence-corrected chi connectivity index (χ3v) is 3.05. The maximum absolute atomic E-state index is 10.5. The fourth-order valence-corrected chi connectivity index (χ4v) is 2.11. The summed E-state index contributed by atoms with van der Waals surface area (Å²) in [6.07, 6.45) is 0.605. The van der Waals surface area contributed by atoms with E-state index in [1.165, 1.54) is 12.1 Å². The number of nitrogens with zero attached hydrogens (tertiary/aromatic N) is 1. The second-order valence-corrected chi connectivity index (χ2v) is 4.76. The molecule has 0 fully saturated rings. The Morgan fingerprint density at radius 3 is 2.81 bits per heavy atom. The van der Waals surface area contributed by atoms with Gasteiger partial charge in [0.25, 0.3) is 5.69 Å². The molecule has 4 nitrogen and oxygen atoms in total. The lowest BCUT2D eigenvalue weighted by molar-refractivity contribution is -0.384. The van der Waals surface area contributed by atoms with Crippen molar-refractivity contribution in [3.05, 3.63) is 38.3 Å². The molecule has 0 radical (unpaired) electrons. The largest absolute Gasteiger partial charge is 0.383 e. The Hall–Kier alpha value is -0.650. The number of methoxy groups -OCH3 is 1. The number of benzene rings is 1. The first kappa shape index (κ1) is 13.4. The third kappa shape index (κ3) is 3.73. The zero-order valence-electron chi connectivity index (χ0n) is 8.65. The topological polar surface area (TPSA) is 52.4 Å². The fourth-order valence-electron chi connectivity index (χ4n) is 1.29. The van der Waals surface area contributed by atoms with E-state index in [2.05, 4.69) is 15.9 Å². The van der Waals surface area contributed by atoms with Crippen LogP contribution >= 0.6 is 27.5 Å². The lowest BCUT2D eigenvalue weighted by Crippen LogP contribution is -2.11. The molecular weight excluding hydrogens is 297 g/mol. The number of hydrogen-bond acceptors (Lipinski definition) is 3. The van der Waals surface area contributed by atoms with Crippen molar-refractivity contribution in [3.8, 4) is 0 Å². The Morgan fingerprint density at radius 1 is 1.62 bits per heavy atom. The summed E-state index contributed by atoms with van der Waals surface area (Å²) in [5, 5.41) is 10.4. The molecule has 0 saturated carbocycles. The highest BCUT2D eigenvalue weighted by Crippen LogP contribution is 2.24. The van der Waals surface area contributed by atoms with E-state index in [1.54, 1.807) is 13.2 Å². The predicted molar refractivity (Wildman–Crippen MR) is 66.0 cm³/mol. The Labute approximate surface area is 107 Å². The van der Waals surface area contributed by atoms with Gasteiger partial charge < -0.3 is 4.74 Å². The van der Waals surface area contributed by atoms with Gasteiger partial charge >= 0.3 is 0 Å². The minimum absolute atomic E-state index is 0.0634. The van der Waals surface area contributed by atoms with Crippen LogP contribution in [0.5, 0.6) is 0 Å². The molecule has 1 aromatic carbocycles. The standard InChI is InChI=1S/C10H11BrClNO3/c1-16-6-8(12)4-7-2-3-9(13(14)15)5-10(7)11/h2-3,5,8H,4,6H2,1H3. The van der Waals surface area contributed by atoms with Crippen molar-refractivity contribution in [2.75, 3.05) is 13.7 Å². The van der Waals surface area contributed by atoms with Gasteiger partial charge in [-0.05, 0) is 12.0 Å². The molecular formula is C10H11BrClNO3. The van der Waals surface area contributed by atoms with Crippen LogP contribution < -0.4 is 0 Å². The van der Waals surface area contributed by atoms with Gasteiger partial charge in [0.15, 0.2) is 0 Å². The molecule has 0 N–H and O–H groups in total. The minimum atomic E-state index is -0.429. The molecule has 0 aliphatic carbocycles. The molecule has 1 rings (SSSR count). The van der Waals surface area contributed by atoms with Gasteiger partial charge in [-0.25, -0.2) is 0 Å². The molecule has 1 unspecified atom stereocenters. The van der Waals surface area contributed by atoms with Crippen molar-refractivity contribution in [3.63, 3.8) is 0 Å². The highest BCUT2D eigenvalue weighted by atomic mass is 79.9. The molecule has 16 heavy (non-hydrogen) atoms. The quantitative estimate of drug-likeness (QED) is 0.477. The molecule has 0 heterocycles. The van der Waals surface area contributed by atoms with Crippen LogP contribution in [-0.4, -0.2) is 24.0 Å². The fraction of sp³-hybridized carbons (Fsp3) is 0.400. The molecule has 1 atom stereocenters. The summed E-state index contributed by atoms with van der Waals surface area (Å²) >= 11 is 9.30. The molecule has 0 saturated heterocycles. The zero-order chi connectivity index (χ0) is 12.1. The van der Waals surface area contributed by atoms with Crippen LogP contribution in [0.3, 0.4) is 0 Å². The average Bonchev–Trinajstić information content (AvgIpc) is 2.21. The number of non-ortho nitro benzene ring substituents is 1. The number of ether oxygens (including phenoxy) is 1. The van der Waals surface area contributed by atoms with Crippen LogP contribution in [0.15, 0.2) is 22.7 Å². The third-order valence-electron chi connectivity index (χ3n) is 2.04. The summed E-state index contributed by atoms with van der Waals surface area (Å²) < 4.78 is 5.62. The number of nitro benzene ring substituents is 1. The maximum atomic E-state index is 10.5. The maximum Gasteiger partial charge on any atom is 0.270 e. The summed E-state index contributed by atoms with van der Waals surface area (Å²) in [4.78, 5) is 10.1. The number of hydrogen-bond donors (Lipinski definition) is 0. The smallest absolute Gasteiger partial charge is 0.270 e. The van der Waals surface area contributed by atoms with Crippen LogP contribution in [0, 0.1) is 10.1 Å². The highest BCUT2D eigenvalue weighted by molar-refractivity contribution is 9.10. The predicted octanol–water partition coefficient (Wildman–Crippen LogP) is 3.15. The van der Waals surface area contributed by atoms with E-state index in [0.29, 0.717) is 17.5 Å². The number of nitro groups is 1. The summed E-state index contributed by atoms with van der Waals surface area (Å²) in [6.45, 7) is 0.449. The van der Waals surface area contributed by atoms with Crippen LogP contribution in [0.1, 0.15) is 5.56 Å². The summed E-state index contributed by atoms with van der Waals surface area (Å²) in [6, 6.07) is 4.65. The monoisotopic (exact) mass is 307 g/mol. The SMILES string of the molecule is COCC(Cl)Cc1ccc([N+](=O)[O-])cc1Br. The van der Waals surface area contributed by atoms with Crippen LogP contribution in [-0.2, 0) is 11.2 Å². The lowest BCUT2D eigenvalue weighted by atomic mass is 10.1. The van der Waals surface area contributed by atoms with Gasteiger partial charge in [0.2, 0.25) is 0 Å². The van der Waals surface area contributed by atoms with Crippen molar-refractivity contribution in [1.29, 1.82) is 0 Å². The average molecular weight is 309 g/mol. The Kier molecular flexibility index (Phi) is 5.18. The molecule has 6 heteroatoms. The molecule has 0 aliphatic heterocycles. The van der Waals surface area contributed by atoms with E-state index in [1.807, 2.05) is 0 Å². The van der Waals surface area contributed by atoms with Crippen molar-refractivity contribution in [1.82, 2.24) is 0 Å². The Balaban J connectivity index is 2.79. The number of rotatable bonds is 5. The van der Waals surface area contributed by atoms with E-state index in [9.17, 15) is 10.1 Å². The molecule has 88 valence electrons. The van der Waals surface area contributed by atoms with Gasteiger partial charge in [0, 0.05) is 23.7 Å².